The molecule has 0 bridgehead atoms. The number of carboxylic acids is 1. The smallest absolute Gasteiger partial charge is 0.339 e. The summed E-state index contributed by atoms with van der Waals surface area (Å²) in [7, 11) is 0. The molecule has 17 heavy (non-hydrogen) atoms. The summed E-state index contributed by atoms with van der Waals surface area (Å²) in [6, 6.07) is 7.49. The number of rotatable bonds is 3. The van der Waals surface area contributed by atoms with Gasteiger partial charge in [0.15, 0.2) is 0 Å². The minimum absolute atomic E-state index is 0.255. The Bertz CT molecular complexity index is 558. The first-order valence-corrected chi connectivity index (χ1v) is 6.02. The fourth-order valence-corrected chi connectivity index (χ4v) is 2.16. The van der Waals surface area contributed by atoms with Crippen LogP contribution in [0.1, 0.15) is 23.0 Å². The van der Waals surface area contributed by atoms with Crippen LogP contribution in [0.2, 0.25) is 0 Å². The van der Waals surface area contributed by atoms with Gasteiger partial charge in [-0.05, 0) is 17.7 Å². The topological polar surface area (TPSA) is 50.4 Å². The summed E-state index contributed by atoms with van der Waals surface area (Å²) in [5.74, 6) is -0.446. The fraction of sp³-hybridized carbons (Fsp3) is 0.154. The molecular weight excluding hydrogens is 284 g/mol. The van der Waals surface area contributed by atoms with Crippen molar-refractivity contribution in [2.75, 3.05) is 0 Å². The SMILES string of the molecule is CCc1occ(-c2cccc(Br)c2)c1C(=O)O. The molecule has 0 fully saturated rings. The van der Waals surface area contributed by atoms with Crippen molar-refractivity contribution >= 4 is 21.9 Å². The van der Waals surface area contributed by atoms with Gasteiger partial charge >= 0.3 is 5.97 Å². The van der Waals surface area contributed by atoms with E-state index < -0.39 is 5.97 Å². The van der Waals surface area contributed by atoms with Gasteiger partial charge in [-0.15, -0.1) is 0 Å². The van der Waals surface area contributed by atoms with Crippen molar-refractivity contribution in [3.63, 3.8) is 0 Å². The molecule has 0 unspecified atom stereocenters. The summed E-state index contributed by atoms with van der Waals surface area (Å²) in [5, 5.41) is 9.23. The third kappa shape index (κ3) is 2.26. The van der Waals surface area contributed by atoms with Crippen LogP contribution in [0.3, 0.4) is 0 Å². The molecule has 1 N–H and O–H groups in total. The standard InChI is InChI=1S/C13H11BrO3/c1-2-11-12(13(15)16)10(7-17-11)8-4-3-5-9(14)6-8/h3-7H,2H2,1H3,(H,15,16). The van der Waals surface area contributed by atoms with E-state index in [1.165, 1.54) is 6.26 Å². The number of benzene rings is 1. The minimum atomic E-state index is -0.953. The normalized spacial score (nSPS) is 10.5. The number of carbonyl (C=O) groups is 1. The van der Waals surface area contributed by atoms with Crippen LogP contribution in [0.15, 0.2) is 39.4 Å². The minimum Gasteiger partial charge on any atom is -0.478 e. The third-order valence-electron chi connectivity index (χ3n) is 2.54. The first kappa shape index (κ1) is 11.9. The number of halogens is 1. The second kappa shape index (κ2) is 4.75. The highest BCUT2D eigenvalue weighted by atomic mass is 79.9. The molecule has 0 aliphatic heterocycles. The van der Waals surface area contributed by atoms with Crippen LogP contribution in [-0.4, -0.2) is 11.1 Å². The maximum absolute atomic E-state index is 11.2. The lowest BCUT2D eigenvalue weighted by atomic mass is 10.0. The first-order chi connectivity index (χ1) is 8.13. The Kier molecular flexibility index (Phi) is 3.33. The number of hydrogen-bond donors (Lipinski definition) is 1. The maximum atomic E-state index is 11.2. The van der Waals surface area contributed by atoms with Crippen molar-refractivity contribution in [1.29, 1.82) is 0 Å². The van der Waals surface area contributed by atoms with Gasteiger partial charge in [-0.3, -0.25) is 0 Å². The molecule has 0 amide bonds. The second-order valence-corrected chi connectivity index (χ2v) is 4.53. The van der Waals surface area contributed by atoms with Crippen LogP contribution < -0.4 is 0 Å². The molecule has 88 valence electrons. The van der Waals surface area contributed by atoms with Gasteiger partial charge in [0.1, 0.15) is 11.3 Å². The average Bonchev–Trinajstić information content (AvgIpc) is 2.72. The van der Waals surface area contributed by atoms with E-state index in [1.54, 1.807) is 0 Å². The summed E-state index contributed by atoms with van der Waals surface area (Å²) < 4.78 is 6.21. The molecule has 0 saturated carbocycles. The number of hydrogen-bond acceptors (Lipinski definition) is 2. The van der Waals surface area contributed by atoms with Crippen LogP contribution in [-0.2, 0) is 6.42 Å². The Labute approximate surface area is 107 Å². The third-order valence-corrected chi connectivity index (χ3v) is 3.03. The van der Waals surface area contributed by atoms with Gasteiger partial charge < -0.3 is 9.52 Å². The van der Waals surface area contributed by atoms with Gasteiger partial charge in [0, 0.05) is 16.5 Å². The molecule has 0 saturated heterocycles. The van der Waals surface area contributed by atoms with Crippen molar-refractivity contribution in [3.05, 3.63) is 46.3 Å². The van der Waals surface area contributed by atoms with Gasteiger partial charge in [0.05, 0.1) is 6.26 Å². The van der Waals surface area contributed by atoms with Crippen molar-refractivity contribution in [1.82, 2.24) is 0 Å². The summed E-state index contributed by atoms with van der Waals surface area (Å²) in [4.78, 5) is 11.2. The summed E-state index contributed by atoms with van der Waals surface area (Å²) in [5.41, 5.74) is 1.71. The molecule has 0 atom stereocenters. The van der Waals surface area contributed by atoms with E-state index in [1.807, 2.05) is 31.2 Å². The van der Waals surface area contributed by atoms with Crippen molar-refractivity contribution in [2.45, 2.75) is 13.3 Å². The van der Waals surface area contributed by atoms with Crippen LogP contribution in [0.5, 0.6) is 0 Å². The second-order valence-electron chi connectivity index (χ2n) is 3.62. The van der Waals surface area contributed by atoms with Crippen LogP contribution in [0.4, 0.5) is 0 Å². The van der Waals surface area contributed by atoms with E-state index in [0.29, 0.717) is 17.7 Å². The predicted molar refractivity (Wildman–Crippen MR) is 68.2 cm³/mol. The van der Waals surface area contributed by atoms with Crippen molar-refractivity contribution in [2.24, 2.45) is 0 Å². The first-order valence-electron chi connectivity index (χ1n) is 5.23. The number of carboxylic acid groups (broad SMARTS) is 1. The Morgan fingerprint density at radius 1 is 1.47 bits per heavy atom. The zero-order chi connectivity index (χ0) is 12.4. The van der Waals surface area contributed by atoms with Gasteiger partial charge in [-0.1, -0.05) is 35.0 Å². The molecule has 1 heterocycles. The Hall–Kier alpha value is -1.55. The molecule has 0 aliphatic rings. The largest absolute Gasteiger partial charge is 0.478 e. The molecule has 0 spiro atoms. The van der Waals surface area contributed by atoms with Gasteiger partial charge in [-0.2, -0.15) is 0 Å². The number of furan rings is 1. The fourth-order valence-electron chi connectivity index (χ4n) is 1.76. The molecule has 1 aromatic carbocycles. The summed E-state index contributed by atoms with van der Waals surface area (Å²) in [6.07, 6.45) is 2.07. The van der Waals surface area contributed by atoms with Gasteiger partial charge in [-0.25, -0.2) is 4.79 Å². The molecule has 2 rings (SSSR count). The molecular formula is C13H11BrO3. The van der Waals surface area contributed by atoms with Crippen molar-refractivity contribution in [3.8, 4) is 11.1 Å². The monoisotopic (exact) mass is 294 g/mol. The zero-order valence-electron chi connectivity index (χ0n) is 9.24. The highest BCUT2D eigenvalue weighted by Gasteiger charge is 2.20. The number of aryl methyl sites for hydroxylation is 1. The quantitative estimate of drug-likeness (QED) is 0.932. The van der Waals surface area contributed by atoms with E-state index in [0.717, 1.165) is 10.0 Å². The molecule has 1 aromatic heterocycles. The molecule has 4 heteroatoms. The van der Waals surface area contributed by atoms with E-state index >= 15 is 0 Å². The highest BCUT2D eigenvalue weighted by Crippen LogP contribution is 2.30. The van der Waals surface area contributed by atoms with Crippen LogP contribution in [0.25, 0.3) is 11.1 Å². The molecule has 3 nitrogen and oxygen atoms in total. The maximum Gasteiger partial charge on any atom is 0.339 e. The number of aromatic carboxylic acids is 1. The lowest BCUT2D eigenvalue weighted by Gasteiger charge is -2.01. The van der Waals surface area contributed by atoms with E-state index in [-0.39, 0.29) is 5.56 Å². The molecule has 2 aromatic rings. The summed E-state index contributed by atoms with van der Waals surface area (Å²) >= 11 is 3.37. The Balaban J connectivity index is 2.60. The Morgan fingerprint density at radius 2 is 2.24 bits per heavy atom. The highest BCUT2D eigenvalue weighted by molar-refractivity contribution is 9.10. The van der Waals surface area contributed by atoms with E-state index in [9.17, 15) is 9.90 Å². The van der Waals surface area contributed by atoms with E-state index in [4.69, 9.17) is 4.42 Å². The van der Waals surface area contributed by atoms with Crippen LogP contribution in [0, 0.1) is 0 Å². The average molecular weight is 295 g/mol. The molecule has 0 aliphatic carbocycles. The zero-order valence-corrected chi connectivity index (χ0v) is 10.8. The lowest BCUT2D eigenvalue weighted by molar-refractivity contribution is 0.0695. The van der Waals surface area contributed by atoms with Crippen LogP contribution >= 0.6 is 15.9 Å². The summed E-state index contributed by atoms with van der Waals surface area (Å²) in [6.45, 7) is 1.87. The Morgan fingerprint density at radius 3 is 2.82 bits per heavy atom. The van der Waals surface area contributed by atoms with Gasteiger partial charge in [0.2, 0.25) is 0 Å². The van der Waals surface area contributed by atoms with Gasteiger partial charge in [0.25, 0.3) is 0 Å². The van der Waals surface area contributed by atoms with E-state index in [2.05, 4.69) is 15.9 Å². The van der Waals surface area contributed by atoms with Crippen molar-refractivity contribution < 1.29 is 14.3 Å². The lowest BCUT2D eigenvalue weighted by Crippen LogP contribution is -2.00. The molecule has 0 radical (unpaired) electrons. The predicted octanol–water partition coefficient (Wildman–Crippen LogP) is 3.97.